The molecular weight excluding hydrogens is 747 g/mol. The normalized spacial score (nSPS) is 16.7. The quantitative estimate of drug-likeness (QED) is 0.122. The molecule has 280 valence electrons. The van der Waals surface area contributed by atoms with Gasteiger partial charge in [-0.3, -0.25) is 14.4 Å². The number of thiophene rings is 1. The second-order valence-electron chi connectivity index (χ2n) is 13.7. The molecule has 2 aliphatic rings. The van der Waals surface area contributed by atoms with E-state index in [9.17, 15) is 19.2 Å². The highest BCUT2D eigenvalue weighted by atomic mass is 35.5. The Morgan fingerprint density at radius 1 is 0.889 bits per heavy atom. The van der Waals surface area contributed by atoms with Gasteiger partial charge in [0.15, 0.2) is 6.10 Å². The van der Waals surface area contributed by atoms with Crippen molar-refractivity contribution in [1.29, 1.82) is 0 Å². The van der Waals surface area contributed by atoms with Gasteiger partial charge < -0.3 is 30.3 Å². The number of alkyl halides is 2. The molecule has 1 aromatic heterocycles. The highest BCUT2D eigenvalue weighted by molar-refractivity contribution is 7.17. The van der Waals surface area contributed by atoms with Gasteiger partial charge in [0.25, 0.3) is 5.91 Å². The molecule has 10 nitrogen and oxygen atoms in total. The zero-order valence-corrected chi connectivity index (χ0v) is 32.2. The van der Waals surface area contributed by atoms with Crippen LogP contribution in [0, 0.1) is 6.92 Å². The summed E-state index contributed by atoms with van der Waals surface area (Å²) in [5.41, 5.74) is 11.2. The molecule has 0 saturated carbocycles. The van der Waals surface area contributed by atoms with E-state index >= 15 is 0 Å². The number of rotatable bonds is 12. The van der Waals surface area contributed by atoms with E-state index in [0.717, 1.165) is 54.5 Å². The molecule has 4 amide bonds. The third-order valence-corrected chi connectivity index (χ3v) is 12.1. The van der Waals surface area contributed by atoms with E-state index in [0.29, 0.717) is 49.3 Å². The topological polar surface area (TPSA) is 131 Å². The molecule has 4 aromatic carbocycles. The lowest BCUT2D eigenvalue weighted by Gasteiger charge is -2.21. The van der Waals surface area contributed by atoms with Gasteiger partial charge in [0.05, 0.1) is 16.1 Å². The minimum Gasteiger partial charge on any atom is -0.487 e. The number of carbonyl (C=O) groups is 4. The average Bonchev–Trinajstić information content (AvgIpc) is 3.86. The Balaban J connectivity index is 1.09. The maximum atomic E-state index is 14.0. The maximum Gasteiger partial charge on any atom is 0.405 e. The zero-order chi connectivity index (χ0) is 38.1. The summed E-state index contributed by atoms with van der Waals surface area (Å²) in [6, 6.07) is 21.3. The molecule has 13 heteroatoms. The van der Waals surface area contributed by atoms with Gasteiger partial charge in [-0.15, -0.1) is 34.5 Å². The van der Waals surface area contributed by atoms with Crippen molar-refractivity contribution in [3.05, 3.63) is 94.4 Å². The van der Waals surface area contributed by atoms with Gasteiger partial charge in [-0.1, -0.05) is 54.6 Å². The zero-order valence-electron chi connectivity index (χ0n) is 29.9. The second kappa shape index (κ2) is 15.9. The van der Waals surface area contributed by atoms with Crippen molar-refractivity contribution in [3.8, 4) is 5.75 Å². The van der Waals surface area contributed by atoms with Crippen molar-refractivity contribution in [2.24, 2.45) is 5.73 Å². The fourth-order valence-corrected chi connectivity index (χ4v) is 9.18. The van der Waals surface area contributed by atoms with Gasteiger partial charge in [-0.25, -0.2) is 4.79 Å². The van der Waals surface area contributed by atoms with Crippen LogP contribution in [0.1, 0.15) is 60.3 Å². The minimum absolute atomic E-state index is 0.0327. The van der Waals surface area contributed by atoms with Crippen LogP contribution in [0.3, 0.4) is 0 Å². The molecule has 0 fully saturated rings. The van der Waals surface area contributed by atoms with Gasteiger partial charge in [-0.2, -0.15) is 0 Å². The number of primary amides is 1. The van der Waals surface area contributed by atoms with Crippen molar-refractivity contribution in [2.75, 3.05) is 40.0 Å². The Morgan fingerprint density at radius 2 is 1.50 bits per heavy atom. The van der Waals surface area contributed by atoms with Crippen molar-refractivity contribution in [2.45, 2.75) is 57.7 Å². The fourth-order valence-electron chi connectivity index (χ4n) is 7.64. The first-order chi connectivity index (χ1) is 26.1. The SMILES string of the molecule is Cc1csc2c(OCc3ccccc3)cc3c(c12)[C@H](CCl)CN3C(=O)CCCC(=O)N1C[C@@H](CCl)c2c1cc(NC(=O)C(C)OC(N)=O)c1ccccc21. The molecule has 3 atom stereocenters. The number of amides is 4. The molecule has 0 aliphatic carbocycles. The van der Waals surface area contributed by atoms with Crippen molar-refractivity contribution in [3.63, 3.8) is 0 Å². The van der Waals surface area contributed by atoms with Crippen LogP contribution in [0.5, 0.6) is 5.75 Å². The van der Waals surface area contributed by atoms with E-state index in [1.54, 1.807) is 27.2 Å². The first-order valence-electron chi connectivity index (χ1n) is 17.9. The number of nitrogens with two attached hydrogens (primary N) is 1. The standard InChI is InChI=1S/C41H40Cl2N4O6S/c1-23-22-54-39-33(52-21-25-9-4-3-5-10-25)16-32-38(36(23)39)27(18-43)20-47(32)35(49)14-8-13-34(48)46-19-26(17-42)37-29-12-7-6-11-28(29)30(15-31(37)46)45-40(50)24(2)53-41(44)51/h3-7,9-12,15-16,22,24,26-27H,8,13-14,17-21H2,1-2H3,(H2,44,51)(H,45,50)/t24?,26-,27-/m1/s1. The Hall–Kier alpha value is -4.84. The lowest BCUT2D eigenvalue weighted by molar-refractivity contribution is -0.123. The predicted octanol–water partition coefficient (Wildman–Crippen LogP) is 8.57. The number of anilines is 3. The van der Waals surface area contributed by atoms with Gasteiger partial charge >= 0.3 is 6.09 Å². The van der Waals surface area contributed by atoms with Crippen LogP contribution in [-0.2, 0) is 25.7 Å². The minimum atomic E-state index is -1.13. The van der Waals surface area contributed by atoms with E-state index in [2.05, 4.69) is 17.6 Å². The molecule has 0 spiro atoms. The van der Waals surface area contributed by atoms with Crippen LogP contribution >= 0.6 is 34.5 Å². The Morgan fingerprint density at radius 3 is 2.15 bits per heavy atom. The summed E-state index contributed by atoms with van der Waals surface area (Å²) in [5, 5.41) is 7.67. The van der Waals surface area contributed by atoms with Crippen LogP contribution in [0.4, 0.5) is 21.9 Å². The average molecular weight is 788 g/mol. The monoisotopic (exact) mass is 786 g/mol. The third kappa shape index (κ3) is 7.20. The molecule has 0 radical (unpaired) electrons. The molecule has 0 bridgehead atoms. The Bertz CT molecular complexity index is 2260. The molecule has 1 unspecified atom stereocenters. The van der Waals surface area contributed by atoms with Gasteiger partial charge in [0, 0.05) is 72.1 Å². The van der Waals surface area contributed by atoms with Crippen LogP contribution < -0.4 is 25.6 Å². The summed E-state index contributed by atoms with van der Waals surface area (Å²) in [4.78, 5) is 55.6. The number of ether oxygens (including phenoxy) is 2. The lowest BCUT2D eigenvalue weighted by atomic mass is 9.95. The molecular formula is C41H40Cl2N4O6S. The number of hydrogen-bond donors (Lipinski definition) is 2. The molecule has 2 aliphatic heterocycles. The number of nitrogens with one attached hydrogen (secondary N) is 1. The summed E-state index contributed by atoms with van der Waals surface area (Å²) < 4.78 is 12.3. The number of aryl methyl sites for hydroxylation is 1. The number of benzene rings is 4. The van der Waals surface area contributed by atoms with Crippen LogP contribution in [0.2, 0.25) is 0 Å². The van der Waals surface area contributed by atoms with E-state index in [-0.39, 0.29) is 36.5 Å². The van der Waals surface area contributed by atoms with Crippen LogP contribution in [0.25, 0.3) is 20.9 Å². The van der Waals surface area contributed by atoms with Crippen LogP contribution in [-0.4, -0.2) is 54.8 Å². The third-order valence-electron chi connectivity index (χ3n) is 10.2. The molecule has 0 saturated heterocycles. The maximum absolute atomic E-state index is 14.0. The number of nitrogens with zero attached hydrogens (tertiary/aromatic N) is 2. The van der Waals surface area contributed by atoms with Crippen molar-refractivity contribution < 1.29 is 28.7 Å². The van der Waals surface area contributed by atoms with E-state index in [1.165, 1.54) is 6.92 Å². The summed E-state index contributed by atoms with van der Waals surface area (Å²) in [6.45, 7) is 4.73. The van der Waals surface area contributed by atoms with E-state index < -0.39 is 18.1 Å². The largest absolute Gasteiger partial charge is 0.487 e. The summed E-state index contributed by atoms with van der Waals surface area (Å²) in [6.07, 6.45) is -1.56. The first-order valence-corrected chi connectivity index (χ1v) is 19.8. The van der Waals surface area contributed by atoms with Crippen molar-refractivity contribution in [1.82, 2.24) is 0 Å². The first kappa shape index (κ1) is 37.5. The summed E-state index contributed by atoms with van der Waals surface area (Å²) in [5.74, 6) is 0.425. The number of fused-ring (bicyclic) bond motifs is 6. The highest BCUT2D eigenvalue weighted by Crippen LogP contribution is 2.49. The molecule has 5 aromatic rings. The molecule has 54 heavy (non-hydrogen) atoms. The van der Waals surface area contributed by atoms with E-state index in [1.807, 2.05) is 60.7 Å². The van der Waals surface area contributed by atoms with Crippen molar-refractivity contribution >= 4 is 96.3 Å². The summed E-state index contributed by atoms with van der Waals surface area (Å²) in [7, 11) is 0. The van der Waals surface area contributed by atoms with Gasteiger partial charge in [0.1, 0.15) is 12.4 Å². The fraction of sp³-hybridized carbons (Fsp3) is 0.317. The summed E-state index contributed by atoms with van der Waals surface area (Å²) >= 11 is 14.6. The second-order valence-corrected chi connectivity index (χ2v) is 15.2. The molecule has 3 heterocycles. The Kier molecular flexibility index (Phi) is 11.0. The smallest absolute Gasteiger partial charge is 0.405 e. The predicted molar refractivity (Wildman–Crippen MR) is 216 cm³/mol. The Labute approximate surface area is 327 Å². The number of carbonyl (C=O) groups excluding carboxylic acids is 4. The van der Waals surface area contributed by atoms with Gasteiger partial charge in [-0.05, 0) is 59.4 Å². The number of hydrogen-bond acceptors (Lipinski definition) is 7. The van der Waals surface area contributed by atoms with E-state index in [4.69, 9.17) is 38.4 Å². The lowest BCUT2D eigenvalue weighted by Crippen LogP contribution is -2.32. The van der Waals surface area contributed by atoms with Crippen LogP contribution in [0.15, 0.2) is 72.1 Å². The highest BCUT2D eigenvalue weighted by Gasteiger charge is 2.37. The van der Waals surface area contributed by atoms with Gasteiger partial charge in [0.2, 0.25) is 11.8 Å². The number of halogens is 2. The molecule has 3 N–H and O–H groups in total. The molecule has 7 rings (SSSR count).